The van der Waals surface area contributed by atoms with Crippen LogP contribution in [0.5, 0.6) is 0 Å². The van der Waals surface area contributed by atoms with Crippen molar-refractivity contribution in [2.75, 3.05) is 12.4 Å². The Morgan fingerprint density at radius 2 is 1.94 bits per heavy atom. The quantitative estimate of drug-likeness (QED) is 0.765. The monoisotopic (exact) mass is 268 g/mol. The number of carbonyl (C=O) groups excluding carboxylic acids is 1. The topological polar surface area (TPSA) is 26.3 Å². The SMILES string of the molecule is O=C(C1CCOC2(CCCCC2)C1)C1CCCS1. The number of hydrogen-bond donors (Lipinski definition) is 0. The van der Waals surface area contributed by atoms with Crippen LogP contribution in [-0.2, 0) is 9.53 Å². The van der Waals surface area contributed by atoms with E-state index in [1.165, 1.54) is 44.3 Å². The summed E-state index contributed by atoms with van der Waals surface area (Å²) in [5.74, 6) is 2.03. The average Bonchev–Trinajstić information content (AvgIpc) is 2.93. The van der Waals surface area contributed by atoms with Crippen molar-refractivity contribution in [3.63, 3.8) is 0 Å². The third-order valence-corrected chi connectivity index (χ3v) is 6.30. The number of carbonyl (C=O) groups is 1. The lowest BCUT2D eigenvalue weighted by Gasteiger charge is -2.43. The molecular weight excluding hydrogens is 244 g/mol. The molecule has 1 saturated carbocycles. The maximum absolute atomic E-state index is 12.5. The van der Waals surface area contributed by atoms with Gasteiger partial charge in [0.05, 0.1) is 10.9 Å². The second-order valence-electron chi connectivity index (χ2n) is 6.19. The first-order valence-corrected chi connectivity index (χ1v) is 8.63. The first kappa shape index (κ1) is 13.0. The van der Waals surface area contributed by atoms with Crippen LogP contribution in [0.1, 0.15) is 57.8 Å². The summed E-state index contributed by atoms with van der Waals surface area (Å²) in [5.41, 5.74) is 0.0834. The van der Waals surface area contributed by atoms with Gasteiger partial charge in [-0.1, -0.05) is 19.3 Å². The molecule has 0 aromatic rings. The zero-order valence-electron chi connectivity index (χ0n) is 11.2. The smallest absolute Gasteiger partial charge is 0.149 e. The van der Waals surface area contributed by atoms with Crippen LogP contribution in [0, 0.1) is 5.92 Å². The van der Waals surface area contributed by atoms with Gasteiger partial charge in [-0.25, -0.2) is 0 Å². The molecule has 0 amide bonds. The molecule has 0 N–H and O–H groups in total. The summed E-state index contributed by atoms with van der Waals surface area (Å²) < 4.78 is 6.09. The zero-order chi connectivity index (χ0) is 12.4. The van der Waals surface area contributed by atoms with Crippen molar-refractivity contribution in [1.82, 2.24) is 0 Å². The van der Waals surface area contributed by atoms with Gasteiger partial charge < -0.3 is 4.74 Å². The van der Waals surface area contributed by atoms with E-state index >= 15 is 0 Å². The predicted molar refractivity (Wildman–Crippen MR) is 75.0 cm³/mol. The van der Waals surface area contributed by atoms with Gasteiger partial charge in [0.2, 0.25) is 0 Å². The molecule has 2 aliphatic heterocycles. The highest BCUT2D eigenvalue weighted by atomic mass is 32.2. The molecule has 0 radical (unpaired) electrons. The van der Waals surface area contributed by atoms with Gasteiger partial charge in [0, 0.05) is 12.5 Å². The molecule has 102 valence electrons. The Labute approximate surface area is 114 Å². The first-order chi connectivity index (χ1) is 8.79. The van der Waals surface area contributed by atoms with E-state index in [2.05, 4.69) is 0 Å². The number of ether oxygens (including phenoxy) is 1. The largest absolute Gasteiger partial charge is 0.375 e. The standard InChI is InChI=1S/C15H24O2S/c16-14(13-5-4-10-18-13)12-6-9-17-15(11-12)7-2-1-3-8-15/h12-13H,1-11H2. The second kappa shape index (κ2) is 5.54. The van der Waals surface area contributed by atoms with Crippen LogP contribution in [0.4, 0.5) is 0 Å². The van der Waals surface area contributed by atoms with Crippen molar-refractivity contribution in [3.8, 4) is 0 Å². The number of hydrogen-bond acceptors (Lipinski definition) is 3. The van der Waals surface area contributed by atoms with Gasteiger partial charge in [0.1, 0.15) is 5.78 Å². The summed E-state index contributed by atoms with van der Waals surface area (Å²) in [6.07, 6.45) is 10.6. The van der Waals surface area contributed by atoms with E-state index in [1.54, 1.807) is 0 Å². The molecule has 3 fully saturated rings. The lowest BCUT2D eigenvalue weighted by molar-refractivity contribution is -0.142. The molecule has 2 heterocycles. The van der Waals surface area contributed by atoms with Gasteiger partial charge >= 0.3 is 0 Å². The van der Waals surface area contributed by atoms with Gasteiger partial charge in [0.25, 0.3) is 0 Å². The molecule has 18 heavy (non-hydrogen) atoms. The Kier molecular flexibility index (Phi) is 4.00. The minimum atomic E-state index is 0.0834. The number of ketones is 1. The van der Waals surface area contributed by atoms with Gasteiger partial charge in [0.15, 0.2) is 0 Å². The summed E-state index contributed by atoms with van der Waals surface area (Å²) in [7, 11) is 0. The summed E-state index contributed by atoms with van der Waals surface area (Å²) in [5, 5.41) is 0.314. The third kappa shape index (κ3) is 2.62. The summed E-state index contributed by atoms with van der Waals surface area (Å²) in [4.78, 5) is 12.5. The van der Waals surface area contributed by atoms with Gasteiger partial charge in [-0.05, 0) is 44.3 Å². The van der Waals surface area contributed by atoms with Crippen LogP contribution in [0.3, 0.4) is 0 Å². The Morgan fingerprint density at radius 3 is 2.67 bits per heavy atom. The van der Waals surface area contributed by atoms with Gasteiger partial charge in [-0.15, -0.1) is 0 Å². The Balaban J connectivity index is 1.64. The molecule has 2 atom stereocenters. The van der Waals surface area contributed by atoms with Crippen LogP contribution in [0.2, 0.25) is 0 Å². The van der Waals surface area contributed by atoms with E-state index in [-0.39, 0.29) is 5.60 Å². The normalized spacial score (nSPS) is 35.8. The number of rotatable bonds is 2. The molecule has 0 aromatic heterocycles. The molecule has 2 unspecified atom stereocenters. The summed E-state index contributed by atoms with van der Waals surface area (Å²) in [6, 6.07) is 0. The van der Waals surface area contributed by atoms with E-state index in [0.29, 0.717) is 17.0 Å². The van der Waals surface area contributed by atoms with Crippen molar-refractivity contribution in [2.45, 2.75) is 68.6 Å². The van der Waals surface area contributed by atoms with Gasteiger partial charge in [-0.3, -0.25) is 4.79 Å². The van der Waals surface area contributed by atoms with Crippen LogP contribution in [0.15, 0.2) is 0 Å². The molecule has 0 bridgehead atoms. The molecule has 2 saturated heterocycles. The van der Waals surface area contributed by atoms with Crippen LogP contribution < -0.4 is 0 Å². The Bertz CT molecular complexity index is 298. The third-order valence-electron chi connectivity index (χ3n) is 4.91. The lowest BCUT2D eigenvalue weighted by Crippen LogP contribution is -2.44. The number of thioether (sulfide) groups is 1. The Hall–Kier alpha value is -0.0200. The summed E-state index contributed by atoms with van der Waals surface area (Å²) in [6.45, 7) is 0.813. The maximum Gasteiger partial charge on any atom is 0.149 e. The van der Waals surface area contributed by atoms with E-state index < -0.39 is 0 Å². The maximum atomic E-state index is 12.5. The molecule has 0 aromatic carbocycles. The zero-order valence-corrected chi connectivity index (χ0v) is 12.0. The van der Waals surface area contributed by atoms with Crippen LogP contribution >= 0.6 is 11.8 Å². The lowest BCUT2D eigenvalue weighted by atomic mass is 9.74. The van der Waals surface area contributed by atoms with Crippen LogP contribution in [0.25, 0.3) is 0 Å². The van der Waals surface area contributed by atoms with E-state index in [0.717, 1.165) is 25.9 Å². The minimum Gasteiger partial charge on any atom is -0.375 e. The van der Waals surface area contributed by atoms with Crippen LogP contribution in [-0.4, -0.2) is 29.0 Å². The molecule has 1 spiro atoms. The molecule has 1 aliphatic carbocycles. The first-order valence-electron chi connectivity index (χ1n) is 7.58. The molecule has 3 heteroatoms. The van der Waals surface area contributed by atoms with Crippen molar-refractivity contribution in [3.05, 3.63) is 0 Å². The van der Waals surface area contributed by atoms with E-state index in [4.69, 9.17) is 4.74 Å². The highest BCUT2D eigenvalue weighted by molar-refractivity contribution is 8.00. The fraction of sp³-hybridized carbons (Fsp3) is 0.933. The Morgan fingerprint density at radius 1 is 1.11 bits per heavy atom. The highest BCUT2D eigenvalue weighted by Gasteiger charge is 2.42. The van der Waals surface area contributed by atoms with E-state index in [9.17, 15) is 4.79 Å². The number of Topliss-reactive ketones (excluding diaryl/α,β-unsaturated/α-hetero) is 1. The molecule has 2 nitrogen and oxygen atoms in total. The predicted octanol–water partition coefficient (Wildman–Crippen LogP) is 3.58. The fourth-order valence-electron chi connectivity index (χ4n) is 3.88. The molecule has 3 rings (SSSR count). The fourth-order valence-corrected chi connectivity index (χ4v) is 5.19. The van der Waals surface area contributed by atoms with Crippen molar-refractivity contribution in [2.24, 2.45) is 5.92 Å². The second-order valence-corrected chi connectivity index (χ2v) is 7.50. The van der Waals surface area contributed by atoms with E-state index in [1.807, 2.05) is 11.8 Å². The van der Waals surface area contributed by atoms with Crippen molar-refractivity contribution in [1.29, 1.82) is 0 Å². The summed E-state index contributed by atoms with van der Waals surface area (Å²) >= 11 is 1.89. The van der Waals surface area contributed by atoms with Crippen molar-refractivity contribution >= 4 is 17.5 Å². The minimum absolute atomic E-state index is 0.0834. The van der Waals surface area contributed by atoms with Gasteiger partial charge in [-0.2, -0.15) is 11.8 Å². The highest BCUT2D eigenvalue weighted by Crippen LogP contribution is 2.42. The van der Waals surface area contributed by atoms with Crippen molar-refractivity contribution < 1.29 is 9.53 Å². The molecule has 3 aliphatic rings. The molecular formula is C15H24O2S. The average molecular weight is 268 g/mol.